The molecule has 5 heteroatoms. The van der Waals surface area contributed by atoms with Crippen molar-refractivity contribution in [3.63, 3.8) is 0 Å². The van der Waals surface area contributed by atoms with Crippen LogP contribution >= 0.6 is 15.9 Å². The van der Waals surface area contributed by atoms with E-state index >= 15 is 0 Å². The SMILES string of the molecule is CC(C)(C)[S@](=O)N=Cc1ccc(F)cc1Br. The highest BCUT2D eigenvalue weighted by molar-refractivity contribution is 9.10. The maximum atomic E-state index is 12.8. The lowest BCUT2D eigenvalue weighted by Crippen LogP contribution is -2.19. The molecule has 0 N–H and O–H groups in total. The van der Waals surface area contributed by atoms with Gasteiger partial charge < -0.3 is 0 Å². The van der Waals surface area contributed by atoms with Crippen LogP contribution in [-0.2, 0) is 11.0 Å². The third kappa shape index (κ3) is 3.79. The Balaban J connectivity index is 2.89. The van der Waals surface area contributed by atoms with E-state index in [1.54, 1.807) is 6.07 Å². The Labute approximate surface area is 106 Å². The normalized spacial score (nSPS) is 14.3. The van der Waals surface area contributed by atoms with Crippen molar-refractivity contribution in [1.82, 2.24) is 0 Å². The summed E-state index contributed by atoms with van der Waals surface area (Å²) in [5.74, 6) is -0.319. The van der Waals surface area contributed by atoms with Crippen molar-refractivity contribution in [2.75, 3.05) is 0 Å². The number of benzene rings is 1. The first kappa shape index (κ1) is 13.5. The zero-order valence-electron chi connectivity index (χ0n) is 9.33. The van der Waals surface area contributed by atoms with Gasteiger partial charge in [0.1, 0.15) is 16.8 Å². The first-order valence-corrected chi connectivity index (χ1v) is 6.62. The van der Waals surface area contributed by atoms with Gasteiger partial charge in [0.2, 0.25) is 0 Å². The lowest BCUT2D eigenvalue weighted by Gasteiger charge is -2.12. The lowest BCUT2D eigenvalue weighted by atomic mass is 10.2. The summed E-state index contributed by atoms with van der Waals surface area (Å²) in [6, 6.07) is 4.27. The Hall–Kier alpha value is -0.550. The molecular weight excluding hydrogens is 293 g/mol. The molecule has 0 spiro atoms. The first-order valence-electron chi connectivity index (χ1n) is 4.72. The van der Waals surface area contributed by atoms with Crippen LogP contribution in [0.25, 0.3) is 0 Å². The summed E-state index contributed by atoms with van der Waals surface area (Å²) in [5, 5.41) is 0. The van der Waals surface area contributed by atoms with Crippen LogP contribution in [0.15, 0.2) is 27.1 Å². The second kappa shape index (κ2) is 5.19. The largest absolute Gasteiger partial charge is 0.234 e. The molecule has 0 aliphatic heterocycles. The van der Waals surface area contributed by atoms with Gasteiger partial charge in [0.05, 0.1) is 4.75 Å². The van der Waals surface area contributed by atoms with Crippen LogP contribution < -0.4 is 0 Å². The van der Waals surface area contributed by atoms with Gasteiger partial charge in [-0.2, -0.15) is 4.40 Å². The van der Waals surface area contributed by atoms with Crippen LogP contribution in [0.4, 0.5) is 4.39 Å². The zero-order valence-corrected chi connectivity index (χ0v) is 11.7. The molecule has 0 saturated carbocycles. The lowest BCUT2D eigenvalue weighted by molar-refractivity contribution is 0.627. The van der Waals surface area contributed by atoms with Crippen LogP contribution in [0.1, 0.15) is 26.3 Å². The quantitative estimate of drug-likeness (QED) is 0.769. The predicted molar refractivity (Wildman–Crippen MR) is 69.6 cm³/mol. The van der Waals surface area contributed by atoms with Crippen LogP contribution in [0.2, 0.25) is 0 Å². The van der Waals surface area contributed by atoms with Gasteiger partial charge in [-0.05, 0) is 39.0 Å². The molecule has 1 aromatic rings. The Morgan fingerprint density at radius 2 is 2.06 bits per heavy atom. The number of hydrogen-bond acceptors (Lipinski definition) is 1. The molecule has 0 bridgehead atoms. The Morgan fingerprint density at radius 3 is 2.56 bits per heavy atom. The van der Waals surface area contributed by atoms with Crippen molar-refractivity contribution in [1.29, 1.82) is 0 Å². The summed E-state index contributed by atoms with van der Waals surface area (Å²) in [7, 11) is -1.30. The van der Waals surface area contributed by atoms with Gasteiger partial charge >= 0.3 is 0 Å². The highest BCUT2D eigenvalue weighted by atomic mass is 79.9. The number of nitrogens with zero attached hydrogens (tertiary/aromatic N) is 1. The van der Waals surface area contributed by atoms with Crippen LogP contribution in [0.5, 0.6) is 0 Å². The smallest absolute Gasteiger partial charge is 0.144 e. The van der Waals surface area contributed by atoms with Crippen LogP contribution in [0.3, 0.4) is 0 Å². The van der Waals surface area contributed by atoms with Crippen molar-refractivity contribution in [3.05, 3.63) is 34.1 Å². The van der Waals surface area contributed by atoms with Crippen LogP contribution in [-0.4, -0.2) is 15.2 Å². The molecule has 0 unspecified atom stereocenters. The number of rotatable bonds is 2. The molecule has 16 heavy (non-hydrogen) atoms. The third-order valence-electron chi connectivity index (χ3n) is 1.77. The fourth-order valence-corrected chi connectivity index (χ4v) is 1.85. The molecule has 0 saturated heterocycles. The average Bonchev–Trinajstić information content (AvgIpc) is 2.14. The maximum absolute atomic E-state index is 12.8. The van der Waals surface area contributed by atoms with Gasteiger partial charge in [-0.25, -0.2) is 8.60 Å². The highest BCUT2D eigenvalue weighted by Gasteiger charge is 2.18. The third-order valence-corrected chi connectivity index (χ3v) is 3.81. The van der Waals surface area contributed by atoms with Gasteiger partial charge in [0.25, 0.3) is 0 Å². The number of hydrogen-bond donors (Lipinski definition) is 0. The summed E-state index contributed by atoms with van der Waals surface area (Å²) in [6.07, 6.45) is 1.49. The summed E-state index contributed by atoms with van der Waals surface area (Å²) in [6.45, 7) is 5.54. The molecule has 1 atom stereocenters. The van der Waals surface area contributed by atoms with Crippen molar-refractivity contribution in [3.8, 4) is 0 Å². The molecule has 0 aliphatic rings. The molecule has 88 valence electrons. The summed E-state index contributed by atoms with van der Waals surface area (Å²) >= 11 is 3.22. The Morgan fingerprint density at radius 1 is 1.44 bits per heavy atom. The molecule has 0 aliphatic carbocycles. The molecule has 0 radical (unpaired) electrons. The number of halogens is 2. The van der Waals surface area contributed by atoms with E-state index in [1.807, 2.05) is 20.8 Å². The fraction of sp³-hybridized carbons (Fsp3) is 0.364. The average molecular weight is 306 g/mol. The predicted octanol–water partition coefficient (Wildman–Crippen LogP) is 3.47. The van der Waals surface area contributed by atoms with Gasteiger partial charge in [0.15, 0.2) is 0 Å². The molecule has 1 aromatic carbocycles. The van der Waals surface area contributed by atoms with E-state index in [1.165, 1.54) is 18.3 Å². The van der Waals surface area contributed by atoms with E-state index in [-0.39, 0.29) is 10.6 Å². The van der Waals surface area contributed by atoms with E-state index in [4.69, 9.17) is 0 Å². The van der Waals surface area contributed by atoms with Crippen LogP contribution in [0, 0.1) is 5.82 Å². The van der Waals surface area contributed by atoms with Crippen molar-refractivity contribution < 1.29 is 8.60 Å². The molecule has 0 aromatic heterocycles. The molecular formula is C11H13BrFNOS. The van der Waals surface area contributed by atoms with Crippen molar-refractivity contribution >= 4 is 33.1 Å². The highest BCUT2D eigenvalue weighted by Crippen LogP contribution is 2.17. The molecule has 0 heterocycles. The molecule has 0 fully saturated rings. The molecule has 0 amide bonds. The van der Waals surface area contributed by atoms with Crippen molar-refractivity contribution in [2.24, 2.45) is 4.40 Å². The minimum Gasteiger partial charge on any atom is -0.234 e. The monoisotopic (exact) mass is 305 g/mol. The second-order valence-electron chi connectivity index (χ2n) is 4.26. The summed E-state index contributed by atoms with van der Waals surface area (Å²) in [4.78, 5) is 0. The van der Waals surface area contributed by atoms with E-state index in [0.29, 0.717) is 10.0 Å². The van der Waals surface area contributed by atoms with Gasteiger partial charge in [0, 0.05) is 16.3 Å². The standard InChI is InChI=1S/C11H13BrFNOS/c1-11(2,3)16(15)14-7-8-4-5-9(13)6-10(8)12/h4-7H,1-3H3/t16-/m0/s1. The minimum absolute atomic E-state index is 0.319. The minimum atomic E-state index is -1.30. The zero-order chi connectivity index (χ0) is 12.3. The summed E-state index contributed by atoms with van der Waals surface area (Å²) in [5.41, 5.74) is 0.707. The Kier molecular flexibility index (Phi) is 4.38. The van der Waals surface area contributed by atoms with E-state index < -0.39 is 11.0 Å². The van der Waals surface area contributed by atoms with E-state index in [2.05, 4.69) is 20.3 Å². The molecule has 2 nitrogen and oxygen atoms in total. The van der Waals surface area contributed by atoms with Gasteiger partial charge in [-0.3, -0.25) is 0 Å². The Bertz CT molecular complexity index is 440. The fourth-order valence-electron chi connectivity index (χ4n) is 0.869. The first-order chi connectivity index (χ1) is 7.30. The van der Waals surface area contributed by atoms with Crippen molar-refractivity contribution in [2.45, 2.75) is 25.5 Å². The topological polar surface area (TPSA) is 29.4 Å². The maximum Gasteiger partial charge on any atom is 0.144 e. The molecule has 1 rings (SSSR count). The summed E-state index contributed by atoms with van der Waals surface area (Å²) < 4.78 is 28.6. The van der Waals surface area contributed by atoms with E-state index in [0.717, 1.165) is 0 Å². The second-order valence-corrected chi connectivity index (χ2v) is 7.05. The van der Waals surface area contributed by atoms with Gasteiger partial charge in [-0.15, -0.1) is 0 Å². The van der Waals surface area contributed by atoms with E-state index in [9.17, 15) is 8.60 Å². The van der Waals surface area contributed by atoms with Gasteiger partial charge in [-0.1, -0.05) is 15.9 Å².